The molecule has 1 fully saturated rings. The minimum Gasteiger partial charge on any atom is -0.387 e. The van der Waals surface area contributed by atoms with E-state index in [-0.39, 0.29) is 35.8 Å². The molecule has 2 rings (SSSR count). The highest BCUT2D eigenvalue weighted by Gasteiger charge is 2.28. The van der Waals surface area contributed by atoms with Crippen molar-refractivity contribution < 1.29 is 14.3 Å². The van der Waals surface area contributed by atoms with Gasteiger partial charge < -0.3 is 20.6 Å². The SMILES string of the molecule is CN(C)C(=O)NC1CCC(CC(C)(C)NC[C@H](O)c2cccc(F)c2)CC1.Cl. The van der Waals surface area contributed by atoms with Crippen LogP contribution in [0.5, 0.6) is 0 Å². The third-order valence-corrected chi connectivity index (χ3v) is 5.39. The molecule has 1 saturated carbocycles. The van der Waals surface area contributed by atoms with E-state index in [1.165, 1.54) is 12.1 Å². The van der Waals surface area contributed by atoms with Gasteiger partial charge in [-0.3, -0.25) is 0 Å². The summed E-state index contributed by atoms with van der Waals surface area (Å²) in [6, 6.07) is 6.36. The van der Waals surface area contributed by atoms with E-state index >= 15 is 0 Å². The average Bonchev–Trinajstić information content (AvgIpc) is 2.61. The van der Waals surface area contributed by atoms with Crippen LogP contribution in [-0.4, -0.2) is 48.3 Å². The van der Waals surface area contributed by atoms with Crippen molar-refractivity contribution in [3.05, 3.63) is 35.6 Å². The van der Waals surface area contributed by atoms with Crippen LogP contribution in [0, 0.1) is 11.7 Å². The number of amides is 2. The van der Waals surface area contributed by atoms with E-state index in [0.29, 0.717) is 18.0 Å². The molecule has 5 nitrogen and oxygen atoms in total. The summed E-state index contributed by atoms with van der Waals surface area (Å²) < 4.78 is 13.3. The van der Waals surface area contributed by atoms with Crippen LogP contribution >= 0.6 is 12.4 Å². The fourth-order valence-corrected chi connectivity index (χ4v) is 3.81. The molecule has 0 aromatic heterocycles. The minimum absolute atomic E-state index is 0. The highest BCUT2D eigenvalue weighted by atomic mass is 35.5. The number of aliphatic hydroxyl groups is 1. The maximum absolute atomic E-state index is 13.3. The van der Waals surface area contributed by atoms with Gasteiger partial charge in [0.25, 0.3) is 0 Å². The summed E-state index contributed by atoms with van der Waals surface area (Å²) in [7, 11) is 3.51. The summed E-state index contributed by atoms with van der Waals surface area (Å²) in [6.45, 7) is 4.68. The number of aliphatic hydroxyl groups excluding tert-OH is 1. The van der Waals surface area contributed by atoms with Gasteiger partial charge in [-0.15, -0.1) is 12.4 Å². The molecule has 0 saturated heterocycles. The van der Waals surface area contributed by atoms with Crippen molar-refractivity contribution in [2.75, 3.05) is 20.6 Å². The van der Waals surface area contributed by atoms with E-state index in [1.807, 2.05) is 0 Å². The molecular weight excluding hydrogens is 381 g/mol. The number of nitrogens with one attached hydrogen (secondary N) is 2. The Bertz CT molecular complexity index is 619. The lowest BCUT2D eigenvalue weighted by molar-refractivity contribution is 0.148. The van der Waals surface area contributed by atoms with E-state index < -0.39 is 6.10 Å². The number of β-amino-alcohol motifs (C(OH)–C–C–N with tert-alkyl or cyclic N) is 1. The Labute approximate surface area is 174 Å². The number of hydrogen-bond acceptors (Lipinski definition) is 3. The number of urea groups is 1. The molecule has 1 aliphatic carbocycles. The van der Waals surface area contributed by atoms with Crippen LogP contribution in [0.1, 0.15) is 57.6 Å². The molecule has 0 unspecified atom stereocenters. The first-order valence-corrected chi connectivity index (χ1v) is 9.82. The van der Waals surface area contributed by atoms with E-state index in [2.05, 4.69) is 24.5 Å². The van der Waals surface area contributed by atoms with Gasteiger partial charge in [0.1, 0.15) is 5.82 Å². The van der Waals surface area contributed by atoms with Gasteiger partial charge in [-0.25, -0.2) is 9.18 Å². The lowest BCUT2D eigenvalue weighted by Crippen LogP contribution is -2.45. The summed E-state index contributed by atoms with van der Waals surface area (Å²) >= 11 is 0. The fourth-order valence-electron chi connectivity index (χ4n) is 3.81. The first-order chi connectivity index (χ1) is 12.7. The first-order valence-electron chi connectivity index (χ1n) is 9.82. The third kappa shape index (κ3) is 7.94. The Morgan fingerprint density at radius 2 is 1.93 bits per heavy atom. The molecule has 0 heterocycles. The van der Waals surface area contributed by atoms with Crippen LogP contribution in [-0.2, 0) is 0 Å². The number of halogens is 2. The second-order valence-electron chi connectivity index (χ2n) is 8.60. The predicted molar refractivity (Wildman–Crippen MR) is 113 cm³/mol. The number of rotatable bonds is 7. The average molecular weight is 416 g/mol. The zero-order chi connectivity index (χ0) is 20.0. The van der Waals surface area contributed by atoms with Gasteiger partial charge in [0.2, 0.25) is 0 Å². The Hall–Kier alpha value is -1.37. The number of carbonyl (C=O) groups is 1. The van der Waals surface area contributed by atoms with Crippen molar-refractivity contribution in [3.8, 4) is 0 Å². The van der Waals surface area contributed by atoms with Gasteiger partial charge in [0.05, 0.1) is 6.10 Å². The standard InChI is InChI=1S/C21H34FN3O2.ClH/c1-21(2,23-14-19(26)16-6-5-7-17(22)12-16)13-15-8-10-18(11-9-15)24-20(27)25(3)4;/h5-7,12,15,18-19,23,26H,8-11,13-14H2,1-4H3,(H,24,27);1H/t15?,18?,19-;/m0./s1. The van der Waals surface area contributed by atoms with Crippen LogP contribution in [0.2, 0.25) is 0 Å². The lowest BCUT2D eigenvalue weighted by Gasteiger charge is -2.36. The van der Waals surface area contributed by atoms with Gasteiger partial charge >= 0.3 is 6.03 Å². The highest BCUT2D eigenvalue weighted by molar-refractivity contribution is 5.85. The van der Waals surface area contributed by atoms with Crippen molar-refractivity contribution in [1.82, 2.24) is 15.5 Å². The van der Waals surface area contributed by atoms with Crippen molar-refractivity contribution in [2.45, 2.75) is 63.6 Å². The van der Waals surface area contributed by atoms with Gasteiger partial charge in [-0.05, 0) is 69.6 Å². The quantitative estimate of drug-likeness (QED) is 0.633. The van der Waals surface area contributed by atoms with Gasteiger partial charge in [0, 0.05) is 32.2 Å². The van der Waals surface area contributed by atoms with Crippen LogP contribution < -0.4 is 10.6 Å². The lowest BCUT2D eigenvalue weighted by atomic mass is 9.79. The van der Waals surface area contributed by atoms with Crippen molar-refractivity contribution in [1.29, 1.82) is 0 Å². The summed E-state index contributed by atoms with van der Waals surface area (Å²) in [6.07, 6.45) is 4.48. The zero-order valence-electron chi connectivity index (χ0n) is 17.4. The second kappa shape index (κ2) is 11.0. The van der Waals surface area contributed by atoms with Crippen molar-refractivity contribution >= 4 is 18.4 Å². The van der Waals surface area contributed by atoms with Gasteiger partial charge in [-0.1, -0.05) is 12.1 Å². The minimum atomic E-state index is -0.725. The zero-order valence-corrected chi connectivity index (χ0v) is 18.2. The van der Waals surface area contributed by atoms with E-state index in [1.54, 1.807) is 31.1 Å². The third-order valence-electron chi connectivity index (χ3n) is 5.39. The Morgan fingerprint density at radius 1 is 1.29 bits per heavy atom. The maximum Gasteiger partial charge on any atom is 0.317 e. The molecule has 1 atom stereocenters. The summed E-state index contributed by atoms with van der Waals surface area (Å²) in [5, 5.41) is 16.8. The fraction of sp³-hybridized carbons (Fsp3) is 0.667. The maximum atomic E-state index is 13.3. The molecule has 160 valence electrons. The molecule has 0 aliphatic heterocycles. The van der Waals surface area contributed by atoms with Crippen LogP contribution in [0.3, 0.4) is 0 Å². The van der Waals surface area contributed by atoms with Crippen molar-refractivity contribution in [3.63, 3.8) is 0 Å². The summed E-state index contributed by atoms with van der Waals surface area (Å²) in [5.74, 6) is 0.273. The molecule has 3 N–H and O–H groups in total. The topological polar surface area (TPSA) is 64.6 Å². The molecule has 0 bridgehead atoms. The van der Waals surface area contributed by atoms with Crippen LogP contribution in [0.4, 0.5) is 9.18 Å². The molecule has 7 heteroatoms. The Morgan fingerprint density at radius 3 is 2.50 bits per heavy atom. The first kappa shape index (κ1) is 24.7. The largest absolute Gasteiger partial charge is 0.387 e. The van der Waals surface area contributed by atoms with Crippen molar-refractivity contribution in [2.24, 2.45) is 5.92 Å². The molecule has 0 spiro atoms. The summed E-state index contributed by atoms with van der Waals surface area (Å²) in [4.78, 5) is 13.3. The number of hydrogen-bond donors (Lipinski definition) is 3. The molecule has 1 aliphatic rings. The number of carbonyl (C=O) groups excluding carboxylic acids is 1. The molecule has 0 radical (unpaired) electrons. The second-order valence-corrected chi connectivity index (χ2v) is 8.60. The normalized spacial score (nSPS) is 20.8. The monoisotopic (exact) mass is 415 g/mol. The molecule has 1 aromatic rings. The molecule has 2 amide bonds. The van der Waals surface area contributed by atoms with E-state index in [4.69, 9.17) is 0 Å². The van der Waals surface area contributed by atoms with Gasteiger partial charge in [-0.2, -0.15) is 0 Å². The van der Waals surface area contributed by atoms with Crippen LogP contribution in [0.15, 0.2) is 24.3 Å². The Balaban J connectivity index is 0.00000392. The Kier molecular flexibility index (Phi) is 9.67. The van der Waals surface area contributed by atoms with E-state index in [0.717, 1.165) is 32.1 Å². The number of benzene rings is 1. The van der Waals surface area contributed by atoms with Gasteiger partial charge in [0.15, 0.2) is 0 Å². The van der Waals surface area contributed by atoms with E-state index in [9.17, 15) is 14.3 Å². The number of nitrogens with zero attached hydrogens (tertiary/aromatic N) is 1. The smallest absolute Gasteiger partial charge is 0.317 e. The predicted octanol–water partition coefficient (Wildman–Crippen LogP) is 3.87. The summed E-state index contributed by atoms with van der Waals surface area (Å²) in [5.41, 5.74) is 0.481. The molecular formula is C21H35ClFN3O2. The molecule has 28 heavy (non-hydrogen) atoms. The molecule has 1 aromatic carbocycles. The highest BCUT2D eigenvalue weighted by Crippen LogP contribution is 2.31. The van der Waals surface area contributed by atoms with Crippen LogP contribution in [0.25, 0.3) is 0 Å².